The Morgan fingerprint density at radius 2 is 2.16 bits per heavy atom. The number of amides is 1. The highest BCUT2D eigenvalue weighted by molar-refractivity contribution is 7.09. The third kappa shape index (κ3) is 3.48. The summed E-state index contributed by atoms with van der Waals surface area (Å²) in [4.78, 5) is 13.3. The number of anilines is 2. The van der Waals surface area contributed by atoms with Crippen molar-refractivity contribution in [1.82, 2.24) is 5.32 Å². The summed E-state index contributed by atoms with van der Waals surface area (Å²) in [5.41, 5.74) is 12.8. The summed E-state index contributed by atoms with van der Waals surface area (Å²) in [6, 6.07) is 9.05. The van der Waals surface area contributed by atoms with Gasteiger partial charge in [-0.05, 0) is 36.6 Å². The van der Waals surface area contributed by atoms with Gasteiger partial charge in [-0.15, -0.1) is 11.3 Å². The van der Waals surface area contributed by atoms with Gasteiger partial charge in [-0.2, -0.15) is 0 Å². The monoisotopic (exact) mass is 275 g/mol. The van der Waals surface area contributed by atoms with Crippen LogP contribution in [0.5, 0.6) is 0 Å². The summed E-state index contributed by atoms with van der Waals surface area (Å²) in [6.45, 7) is 1.98. The Balaban J connectivity index is 2.00. The van der Waals surface area contributed by atoms with Crippen LogP contribution in [-0.2, 0) is 6.42 Å². The summed E-state index contributed by atoms with van der Waals surface area (Å²) in [6.07, 6.45) is 0.818. The molecule has 0 saturated heterocycles. The SMILES string of the molecule is CC(Cc1cccs1)NC(=O)c1ccc(N)cc1N. The van der Waals surface area contributed by atoms with Gasteiger partial charge >= 0.3 is 0 Å². The number of carbonyl (C=O) groups is 1. The molecule has 19 heavy (non-hydrogen) atoms. The fourth-order valence-electron chi connectivity index (χ4n) is 1.87. The van der Waals surface area contributed by atoms with E-state index in [9.17, 15) is 4.79 Å². The molecule has 4 nitrogen and oxygen atoms in total. The number of thiophene rings is 1. The highest BCUT2D eigenvalue weighted by Crippen LogP contribution is 2.16. The van der Waals surface area contributed by atoms with Crippen LogP contribution >= 0.6 is 11.3 Å². The van der Waals surface area contributed by atoms with Gasteiger partial charge in [0.2, 0.25) is 0 Å². The van der Waals surface area contributed by atoms with E-state index in [0.29, 0.717) is 16.9 Å². The molecule has 0 fully saturated rings. The lowest BCUT2D eigenvalue weighted by molar-refractivity contribution is 0.0941. The van der Waals surface area contributed by atoms with Crippen molar-refractivity contribution >= 4 is 28.6 Å². The van der Waals surface area contributed by atoms with Crippen LogP contribution in [0, 0.1) is 0 Å². The molecule has 1 amide bonds. The van der Waals surface area contributed by atoms with Crippen molar-refractivity contribution in [1.29, 1.82) is 0 Å². The van der Waals surface area contributed by atoms with Crippen LogP contribution in [0.15, 0.2) is 35.7 Å². The first-order valence-corrected chi connectivity index (χ1v) is 6.92. The molecule has 1 aromatic heterocycles. The fourth-order valence-corrected chi connectivity index (χ4v) is 2.71. The molecule has 5 heteroatoms. The first kappa shape index (κ1) is 13.4. The average molecular weight is 275 g/mol. The first-order chi connectivity index (χ1) is 9.06. The second-order valence-electron chi connectivity index (χ2n) is 4.50. The van der Waals surface area contributed by atoms with Gasteiger partial charge in [-0.25, -0.2) is 0 Å². The van der Waals surface area contributed by atoms with E-state index in [4.69, 9.17) is 11.5 Å². The molecule has 0 radical (unpaired) electrons. The van der Waals surface area contributed by atoms with Crippen LogP contribution in [0.3, 0.4) is 0 Å². The van der Waals surface area contributed by atoms with Crippen LogP contribution in [0.4, 0.5) is 11.4 Å². The Morgan fingerprint density at radius 3 is 2.79 bits per heavy atom. The van der Waals surface area contributed by atoms with E-state index in [2.05, 4.69) is 11.4 Å². The van der Waals surface area contributed by atoms with Crippen molar-refractivity contribution < 1.29 is 4.79 Å². The number of nitrogens with two attached hydrogens (primary N) is 2. The van der Waals surface area contributed by atoms with Gasteiger partial charge in [0.1, 0.15) is 0 Å². The van der Waals surface area contributed by atoms with Crippen molar-refractivity contribution in [2.75, 3.05) is 11.5 Å². The largest absolute Gasteiger partial charge is 0.399 e. The van der Waals surface area contributed by atoms with Gasteiger partial charge in [-0.3, -0.25) is 4.79 Å². The molecule has 100 valence electrons. The van der Waals surface area contributed by atoms with E-state index in [-0.39, 0.29) is 11.9 Å². The quantitative estimate of drug-likeness (QED) is 0.749. The number of hydrogen-bond acceptors (Lipinski definition) is 4. The molecule has 0 spiro atoms. The molecule has 0 bridgehead atoms. The predicted molar refractivity (Wildman–Crippen MR) is 80.2 cm³/mol. The second kappa shape index (κ2) is 5.75. The van der Waals surface area contributed by atoms with E-state index in [1.807, 2.05) is 18.4 Å². The van der Waals surface area contributed by atoms with Crippen LogP contribution in [-0.4, -0.2) is 11.9 Å². The molecule has 1 aromatic carbocycles. The molecule has 2 aromatic rings. The molecular formula is C14H17N3OS. The molecule has 5 N–H and O–H groups in total. The van der Waals surface area contributed by atoms with Gasteiger partial charge in [-0.1, -0.05) is 6.07 Å². The lowest BCUT2D eigenvalue weighted by Gasteiger charge is -2.14. The van der Waals surface area contributed by atoms with Gasteiger partial charge in [0.05, 0.1) is 5.56 Å². The summed E-state index contributed by atoms with van der Waals surface area (Å²) < 4.78 is 0. The Hall–Kier alpha value is -2.01. The number of nitrogen functional groups attached to an aromatic ring is 2. The lowest BCUT2D eigenvalue weighted by atomic mass is 10.1. The van der Waals surface area contributed by atoms with Crippen molar-refractivity contribution in [2.24, 2.45) is 0 Å². The van der Waals surface area contributed by atoms with Crippen molar-refractivity contribution in [3.05, 3.63) is 46.2 Å². The Bertz CT molecular complexity index is 566. The van der Waals surface area contributed by atoms with Crippen molar-refractivity contribution in [2.45, 2.75) is 19.4 Å². The van der Waals surface area contributed by atoms with Crippen LogP contribution < -0.4 is 16.8 Å². The Labute approximate surface area is 116 Å². The fraction of sp³-hybridized carbons (Fsp3) is 0.214. The summed E-state index contributed by atoms with van der Waals surface area (Å²) in [5, 5.41) is 4.97. The maximum absolute atomic E-state index is 12.1. The highest BCUT2D eigenvalue weighted by Gasteiger charge is 2.13. The molecule has 2 rings (SSSR count). The summed E-state index contributed by atoms with van der Waals surface area (Å²) >= 11 is 1.69. The lowest BCUT2D eigenvalue weighted by Crippen LogP contribution is -2.34. The molecule has 0 aliphatic carbocycles. The van der Waals surface area contributed by atoms with Gasteiger partial charge in [0.25, 0.3) is 5.91 Å². The van der Waals surface area contributed by atoms with E-state index >= 15 is 0 Å². The van der Waals surface area contributed by atoms with Crippen molar-refractivity contribution in [3.63, 3.8) is 0 Å². The van der Waals surface area contributed by atoms with E-state index in [0.717, 1.165) is 6.42 Å². The minimum Gasteiger partial charge on any atom is -0.399 e. The van der Waals surface area contributed by atoms with Crippen molar-refractivity contribution in [3.8, 4) is 0 Å². The zero-order valence-electron chi connectivity index (χ0n) is 10.7. The molecule has 0 aliphatic rings. The molecule has 1 atom stereocenters. The highest BCUT2D eigenvalue weighted by atomic mass is 32.1. The number of hydrogen-bond donors (Lipinski definition) is 3. The molecular weight excluding hydrogens is 258 g/mol. The normalized spacial score (nSPS) is 12.1. The number of rotatable bonds is 4. The van der Waals surface area contributed by atoms with Gasteiger partial charge in [0, 0.05) is 28.7 Å². The molecule has 0 aliphatic heterocycles. The van der Waals surface area contributed by atoms with E-state index in [1.54, 1.807) is 29.5 Å². The number of benzene rings is 1. The second-order valence-corrected chi connectivity index (χ2v) is 5.54. The zero-order chi connectivity index (χ0) is 13.8. The zero-order valence-corrected chi connectivity index (χ0v) is 11.5. The van der Waals surface area contributed by atoms with Crippen LogP contribution in [0.2, 0.25) is 0 Å². The van der Waals surface area contributed by atoms with Gasteiger partial charge < -0.3 is 16.8 Å². The maximum atomic E-state index is 12.1. The predicted octanol–water partition coefficient (Wildman–Crippen LogP) is 2.27. The minimum absolute atomic E-state index is 0.0584. The summed E-state index contributed by atoms with van der Waals surface area (Å²) in [7, 11) is 0. The maximum Gasteiger partial charge on any atom is 0.253 e. The van der Waals surface area contributed by atoms with Crippen LogP contribution in [0.25, 0.3) is 0 Å². The van der Waals surface area contributed by atoms with Crippen LogP contribution in [0.1, 0.15) is 22.2 Å². The number of nitrogens with one attached hydrogen (secondary N) is 1. The third-order valence-corrected chi connectivity index (χ3v) is 3.68. The molecule has 1 unspecified atom stereocenters. The standard InChI is InChI=1S/C14H17N3OS/c1-9(7-11-3-2-6-19-11)17-14(18)12-5-4-10(15)8-13(12)16/h2-6,8-9H,7,15-16H2,1H3,(H,17,18). The third-order valence-electron chi connectivity index (χ3n) is 2.79. The smallest absolute Gasteiger partial charge is 0.253 e. The molecule has 0 saturated carbocycles. The van der Waals surface area contributed by atoms with Gasteiger partial charge in [0.15, 0.2) is 0 Å². The Kier molecular flexibility index (Phi) is 4.06. The van der Waals surface area contributed by atoms with E-state index in [1.165, 1.54) is 4.88 Å². The minimum atomic E-state index is -0.165. The topological polar surface area (TPSA) is 81.1 Å². The summed E-state index contributed by atoms with van der Waals surface area (Å²) in [5.74, 6) is -0.165. The first-order valence-electron chi connectivity index (χ1n) is 6.04. The molecule has 1 heterocycles. The number of carbonyl (C=O) groups excluding carboxylic acids is 1. The Morgan fingerprint density at radius 1 is 1.37 bits per heavy atom. The average Bonchev–Trinajstić information content (AvgIpc) is 2.81. The van der Waals surface area contributed by atoms with E-state index < -0.39 is 0 Å².